The van der Waals surface area contributed by atoms with Crippen LogP contribution in [0.1, 0.15) is 56.1 Å². The SMILES string of the molecule is COc1ccc2c(c1)CC[C@@H]1[C@@H]2CC[C@]2(C)NC(=O)CC[C@@H]12. The second-order valence-electron chi connectivity index (χ2n) is 7.52. The molecule has 3 aliphatic rings. The molecule has 1 saturated carbocycles. The van der Waals surface area contributed by atoms with Crippen LogP contribution in [-0.4, -0.2) is 18.6 Å². The van der Waals surface area contributed by atoms with Gasteiger partial charge in [0.2, 0.25) is 5.91 Å². The first-order valence-electron chi connectivity index (χ1n) is 8.58. The third-order valence-corrected chi connectivity index (χ3v) is 6.43. The van der Waals surface area contributed by atoms with Gasteiger partial charge in [-0.3, -0.25) is 4.79 Å². The Labute approximate surface area is 132 Å². The van der Waals surface area contributed by atoms with Gasteiger partial charge < -0.3 is 10.1 Å². The van der Waals surface area contributed by atoms with Crippen LogP contribution >= 0.6 is 0 Å². The Morgan fingerprint density at radius 3 is 2.91 bits per heavy atom. The first kappa shape index (κ1) is 14.1. The summed E-state index contributed by atoms with van der Waals surface area (Å²) in [6.07, 6.45) is 6.47. The monoisotopic (exact) mass is 299 g/mol. The minimum absolute atomic E-state index is 0.0282. The van der Waals surface area contributed by atoms with Gasteiger partial charge in [0.25, 0.3) is 0 Å². The van der Waals surface area contributed by atoms with Crippen molar-refractivity contribution in [3.63, 3.8) is 0 Å². The van der Waals surface area contributed by atoms with Gasteiger partial charge in [-0.2, -0.15) is 0 Å². The number of fused-ring (bicyclic) bond motifs is 5. The molecule has 3 nitrogen and oxygen atoms in total. The first-order valence-corrected chi connectivity index (χ1v) is 8.58. The first-order chi connectivity index (χ1) is 10.6. The number of hydrogen-bond donors (Lipinski definition) is 1. The van der Waals surface area contributed by atoms with Crippen LogP contribution in [0.4, 0.5) is 0 Å². The predicted molar refractivity (Wildman–Crippen MR) is 86.1 cm³/mol. The molecule has 1 saturated heterocycles. The molecule has 0 bridgehead atoms. The minimum atomic E-state index is 0.0282. The predicted octanol–water partition coefficient (Wildman–Crippen LogP) is 3.42. The van der Waals surface area contributed by atoms with Crippen LogP contribution in [0.5, 0.6) is 5.75 Å². The van der Waals surface area contributed by atoms with Crippen molar-refractivity contribution < 1.29 is 9.53 Å². The summed E-state index contributed by atoms with van der Waals surface area (Å²) in [6, 6.07) is 6.62. The van der Waals surface area contributed by atoms with E-state index in [1.807, 2.05) is 0 Å². The highest BCUT2D eigenvalue weighted by atomic mass is 16.5. The lowest BCUT2D eigenvalue weighted by molar-refractivity contribution is -0.129. The van der Waals surface area contributed by atoms with E-state index in [4.69, 9.17) is 4.74 Å². The van der Waals surface area contributed by atoms with E-state index in [2.05, 4.69) is 30.4 Å². The number of aryl methyl sites for hydroxylation is 1. The van der Waals surface area contributed by atoms with Gasteiger partial charge in [-0.15, -0.1) is 0 Å². The molecule has 1 aromatic carbocycles. The second-order valence-corrected chi connectivity index (χ2v) is 7.52. The maximum absolute atomic E-state index is 11.8. The van der Waals surface area contributed by atoms with E-state index in [1.54, 1.807) is 7.11 Å². The van der Waals surface area contributed by atoms with E-state index >= 15 is 0 Å². The van der Waals surface area contributed by atoms with E-state index in [0.717, 1.165) is 30.9 Å². The van der Waals surface area contributed by atoms with E-state index in [-0.39, 0.29) is 11.4 Å². The van der Waals surface area contributed by atoms with E-state index < -0.39 is 0 Å². The standard InChI is InChI=1S/C19H25NO2/c1-19-10-9-15-14-6-4-13(22-2)11-12(14)3-5-16(15)17(19)7-8-18(21)20-19/h4,6,11,15-17H,3,5,7-10H2,1-2H3,(H,20,21)/t15-,16-,17+,19+/m1/s1. The van der Waals surface area contributed by atoms with Crippen LogP contribution in [0.25, 0.3) is 0 Å². The van der Waals surface area contributed by atoms with Crippen LogP contribution in [0.3, 0.4) is 0 Å². The van der Waals surface area contributed by atoms with Crippen molar-refractivity contribution in [2.45, 2.75) is 56.9 Å². The molecule has 1 amide bonds. The number of benzene rings is 1. The molecule has 2 aliphatic carbocycles. The Bertz CT molecular complexity index is 611. The zero-order valence-corrected chi connectivity index (χ0v) is 13.5. The molecule has 0 aromatic heterocycles. The fraction of sp³-hybridized carbons (Fsp3) is 0.632. The van der Waals surface area contributed by atoms with Crippen LogP contribution in [0.15, 0.2) is 18.2 Å². The van der Waals surface area contributed by atoms with Crippen molar-refractivity contribution in [1.82, 2.24) is 5.32 Å². The van der Waals surface area contributed by atoms with Crippen LogP contribution in [0.2, 0.25) is 0 Å². The third-order valence-electron chi connectivity index (χ3n) is 6.43. The average Bonchev–Trinajstić information content (AvgIpc) is 2.52. The fourth-order valence-corrected chi connectivity index (χ4v) is 5.36. The minimum Gasteiger partial charge on any atom is -0.497 e. The average molecular weight is 299 g/mol. The highest BCUT2D eigenvalue weighted by Gasteiger charge is 2.50. The molecule has 0 unspecified atom stereocenters. The van der Waals surface area contributed by atoms with Gasteiger partial charge in [0.05, 0.1) is 7.11 Å². The van der Waals surface area contributed by atoms with Gasteiger partial charge in [-0.25, -0.2) is 0 Å². The molecule has 4 rings (SSSR count). The molecule has 0 radical (unpaired) electrons. The normalized spacial score (nSPS) is 36.6. The number of rotatable bonds is 1. The van der Waals surface area contributed by atoms with Crippen molar-refractivity contribution in [2.75, 3.05) is 7.11 Å². The summed E-state index contributed by atoms with van der Waals surface area (Å²) >= 11 is 0. The number of amides is 1. The number of carbonyl (C=O) groups is 1. The van der Waals surface area contributed by atoms with Crippen molar-refractivity contribution in [1.29, 1.82) is 0 Å². The van der Waals surface area contributed by atoms with Crippen molar-refractivity contribution in [3.05, 3.63) is 29.3 Å². The molecular formula is C19H25NO2. The second kappa shape index (κ2) is 5.00. The Morgan fingerprint density at radius 2 is 2.09 bits per heavy atom. The Hall–Kier alpha value is -1.51. The molecule has 4 atom stereocenters. The van der Waals surface area contributed by atoms with Crippen molar-refractivity contribution in [2.24, 2.45) is 11.8 Å². The summed E-state index contributed by atoms with van der Waals surface area (Å²) in [6.45, 7) is 2.27. The largest absolute Gasteiger partial charge is 0.497 e. The Balaban J connectivity index is 1.66. The third kappa shape index (κ3) is 2.05. The number of ether oxygens (including phenoxy) is 1. The maximum atomic E-state index is 11.8. The van der Waals surface area contributed by atoms with E-state index in [9.17, 15) is 4.79 Å². The van der Waals surface area contributed by atoms with Crippen LogP contribution in [-0.2, 0) is 11.2 Å². The van der Waals surface area contributed by atoms with E-state index in [1.165, 1.54) is 24.0 Å². The van der Waals surface area contributed by atoms with E-state index in [0.29, 0.717) is 18.3 Å². The lowest BCUT2D eigenvalue weighted by atomic mass is 9.55. The quantitative estimate of drug-likeness (QED) is 0.863. The van der Waals surface area contributed by atoms with Crippen LogP contribution in [0, 0.1) is 11.8 Å². The zero-order chi connectivity index (χ0) is 15.3. The molecule has 1 aliphatic heterocycles. The smallest absolute Gasteiger partial charge is 0.220 e. The summed E-state index contributed by atoms with van der Waals surface area (Å²) in [4.78, 5) is 11.8. The molecule has 2 fully saturated rings. The maximum Gasteiger partial charge on any atom is 0.220 e. The number of piperidine rings is 1. The summed E-state index contributed by atoms with van der Waals surface area (Å²) in [5.41, 5.74) is 3.04. The molecule has 1 heterocycles. The Morgan fingerprint density at radius 1 is 1.23 bits per heavy atom. The van der Waals surface area contributed by atoms with Gasteiger partial charge in [0.15, 0.2) is 0 Å². The lowest BCUT2D eigenvalue weighted by Gasteiger charge is -2.54. The molecule has 1 N–H and O–H groups in total. The van der Waals surface area contributed by atoms with Crippen molar-refractivity contribution >= 4 is 5.91 Å². The highest BCUT2D eigenvalue weighted by molar-refractivity contribution is 5.77. The van der Waals surface area contributed by atoms with Gasteiger partial charge in [0.1, 0.15) is 5.75 Å². The number of carbonyl (C=O) groups excluding carboxylic acids is 1. The van der Waals surface area contributed by atoms with Gasteiger partial charge in [0, 0.05) is 12.0 Å². The van der Waals surface area contributed by atoms with Gasteiger partial charge in [-0.1, -0.05) is 6.07 Å². The van der Waals surface area contributed by atoms with Gasteiger partial charge >= 0.3 is 0 Å². The molecule has 0 spiro atoms. The molecule has 3 heteroatoms. The molecule has 1 aromatic rings. The number of hydrogen-bond acceptors (Lipinski definition) is 2. The summed E-state index contributed by atoms with van der Waals surface area (Å²) in [5, 5.41) is 3.31. The summed E-state index contributed by atoms with van der Waals surface area (Å²) in [5.74, 6) is 3.25. The van der Waals surface area contributed by atoms with Crippen molar-refractivity contribution in [3.8, 4) is 5.75 Å². The Kier molecular flexibility index (Phi) is 3.21. The van der Waals surface area contributed by atoms with Crippen LogP contribution < -0.4 is 10.1 Å². The topological polar surface area (TPSA) is 38.3 Å². The summed E-state index contributed by atoms with van der Waals surface area (Å²) < 4.78 is 5.38. The molecule has 22 heavy (non-hydrogen) atoms. The molecule has 118 valence electrons. The van der Waals surface area contributed by atoms with Gasteiger partial charge in [-0.05, 0) is 80.0 Å². The lowest BCUT2D eigenvalue weighted by Crippen LogP contribution is -2.60. The fourth-order valence-electron chi connectivity index (χ4n) is 5.36. The highest BCUT2D eigenvalue weighted by Crippen LogP contribution is 2.53. The number of methoxy groups -OCH3 is 1. The zero-order valence-electron chi connectivity index (χ0n) is 13.5. The summed E-state index contributed by atoms with van der Waals surface area (Å²) in [7, 11) is 1.74. The molecular weight excluding hydrogens is 274 g/mol. The number of nitrogens with one attached hydrogen (secondary N) is 1.